The Morgan fingerprint density at radius 3 is 2.20 bits per heavy atom. The predicted molar refractivity (Wildman–Crippen MR) is 87.2 cm³/mol. The summed E-state index contributed by atoms with van der Waals surface area (Å²) in [5.41, 5.74) is 0.640. The third-order valence-corrected chi connectivity index (χ3v) is 4.40. The minimum Gasteiger partial charge on any atom is -0.369 e. The van der Waals surface area contributed by atoms with Crippen molar-refractivity contribution in [3.05, 3.63) is 16.0 Å². The minimum atomic E-state index is -0.385. The van der Waals surface area contributed by atoms with Gasteiger partial charge >= 0.3 is 0 Å². The molecule has 5 heteroatoms. The van der Waals surface area contributed by atoms with Crippen molar-refractivity contribution in [1.82, 2.24) is 9.97 Å². The topological polar surface area (TPSA) is 47.0 Å². The summed E-state index contributed by atoms with van der Waals surface area (Å²) in [6.07, 6.45) is 2.60. The Labute approximate surface area is 130 Å². The van der Waals surface area contributed by atoms with Crippen LogP contribution < -0.4 is 5.32 Å². The van der Waals surface area contributed by atoms with E-state index in [9.17, 15) is 0 Å². The molecule has 114 valence electrons. The molecule has 20 heavy (non-hydrogen) atoms. The van der Waals surface area contributed by atoms with E-state index < -0.39 is 0 Å². The molecule has 0 aliphatic rings. The van der Waals surface area contributed by atoms with Crippen molar-refractivity contribution < 1.29 is 4.74 Å². The van der Waals surface area contributed by atoms with Gasteiger partial charge in [-0.3, -0.25) is 0 Å². The molecule has 1 N–H and O–H groups in total. The van der Waals surface area contributed by atoms with E-state index in [-0.39, 0.29) is 5.60 Å². The lowest BCUT2D eigenvalue weighted by atomic mass is 9.95. The van der Waals surface area contributed by atoms with Crippen LogP contribution in [0.3, 0.4) is 0 Å². The SMILES string of the molecule is CCNc1nc(C(CC)(CC)OCC)nc(CC)c1Br. The van der Waals surface area contributed by atoms with Gasteiger partial charge in [-0.1, -0.05) is 20.8 Å². The second-order valence-corrected chi connectivity index (χ2v) is 5.47. The van der Waals surface area contributed by atoms with Gasteiger partial charge in [0.15, 0.2) is 5.82 Å². The van der Waals surface area contributed by atoms with Crippen LogP contribution in [0.4, 0.5) is 5.82 Å². The zero-order valence-corrected chi connectivity index (χ0v) is 14.8. The normalized spacial score (nSPS) is 11.7. The van der Waals surface area contributed by atoms with E-state index >= 15 is 0 Å². The Morgan fingerprint density at radius 1 is 1.10 bits per heavy atom. The number of nitrogens with zero attached hydrogens (tertiary/aromatic N) is 2. The Hall–Kier alpha value is -0.680. The number of ether oxygens (including phenoxy) is 1. The number of nitrogens with one attached hydrogen (secondary N) is 1. The zero-order chi connectivity index (χ0) is 15.2. The lowest BCUT2D eigenvalue weighted by molar-refractivity contribution is -0.0572. The van der Waals surface area contributed by atoms with Gasteiger partial charge in [0.2, 0.25) is 0 Å². The maximum Gasteiger partial charge on any atom is 0.162 e. The largest absolute Gasteiger partial charge is 0.369 e. The number of hydrogen-bond acceptors (Lipinski definition) is 4. The van der Waals surface area contributed by atoms with E-state index in [4.69, 9.17) is 14.7 Å². The Morgan fingerprint density at radius 2 is 1.75 bits per heavy atom. The molecule has 1 rings (SSSR count). The van der Waals surface area contributed by atoms with Crippen molar-refractivity contribution in [2.45, 2.75) is 59.5 Å². The summed E-state index contributed by atoms with van der Waals surface area (Å²) < 4.78 is 6.98. The summed E-state index contributed by atoms with van der Waals surface area (Å²) in [5, 5.41) is 3.30. The first-order valence-corrected chi connectivity index (χ1v) is 8.32. The molecule has 0 bridgehead atoms. The molecule has 0 aromatic carbocycles. The molecular weight excluding hydrogens is 318 g/mol. The number of hydrogen-bond donors (Lipinski definition) is 1. The number of halogens is 1. The molecule has 0 saturated carbocycles. The summed E-state index contributed by atoms with van der Waals surface area (Å²) in [5.74, 6) is 1.65. The van der Waals surface area contributed by atoms with Crippen molar-refractivity contribution in [1.29, 1.82) is 0 Å². The van der Waals surface area contributed by atoms with E-state index in [0.29, 0.717) is 6.61 Å². The van der Waals surface area contributed by atoms with Gasteiger partial charge in [0.25, 0.3) is 0 Å². The van der Waals surface area contributed by atoms with Crippen LogP contribution in [0.2, 0.25) is 0 Å². The lowest BCUT2D eigenvalue weighted by Gasteiger charge is -2.30. The first-order chi connectivity index (χ1) is 9.58. The molecule has 0 radical (unpaired) electrons. The van der Waals surface area contributed by atoms with Crippen LogP contribution in [0.15, 0.2) is 4.47 Å². The highest BCUT2D eigenvalue weighted by Gasteiger charge is 2.33. The standard InChI is InChI=1S/C15H26BrN3O/c1-6-11-12(16)13(17-9-4)19-14(18-11)15(7-2,8-3)20-10-5/h6-10H2,1-5H3,(H,17,18,19). The molecule has 0 aliphatic heterocycles. The molecule has 1 aromatic rings. The van der Waals surface area contributed by atoms with Gasteiger partial charge in [-0.05, 0) is 49.0 Å². The molecular formula is C15H26BrN3O. The van der Waals surface area contributed by atoms with E-state index in [1.165, 1.54) is 0 Å². The van der Waals surface area contributed by atoms with Crippen LogP contribution in [-0.2, 0) is 16.8 Å². The van der Waals surface area contributed by atoms with E-state index in [0.717, 1.165) is 47.6 Å². The molecule has 0 fully saturated rings. The van der Waals surface area contributed by atoms with Crippen molar-refractivity contribution in [3.8, 4) is 0 Å². The zero-order valence-electron chi connectivity index (χ0n) is 13.2. The smallest absolute Gasteiger partial charge is 0.162 e. The Kier molecular flexibility index (Phi) is 6.89. The van der Waals surface area contributed by atoms with Crippen LogP contribution in [0.25, 0.3) is 0 Å². The number of anilines is 1. The maximum absolute atomic E-state index is 6.02. The highest BCUT2D eigenvalue weighted by molar-refractivity contribution is 9.10. The first kappa shape index (κ1) is 17.4. The molecule has 1 aromatic heterocycles. The van der Waals surface area contributed by atoms with Crippen LogP contribution in [-0.4, -0.2) is 23.1 Å². The minimum absolute atomic E-state index is 0.385. The third-order valence-electron chi connectivity index (χ3n) is 3.57. The quantitative estimate of drug-likeness (QED) is 0.764. The average Bonchev–Trinajstić information content (AvgIpc) is 2.47. The molecule has 0 aliphatic carbocycles. The van der Waals surface area contributed by atoms with Crippen molar-refractivity contribution in [2.24, 2.45) is 0 Å². The van der Waals surface area contributed by atoms with Gasteiger partial charge in [0.1, 0.15) is 11.4 Å². The molecule has 1 heterocycles. The lowest BCUT2D eigenvalue weighted by Crippen LogP contribution is -2.31. The van der Waals surface area contributed by atoms with Gasteiger partial charge < -0.3 is 10.1 Å². The summed E-state index contributed by atoms with van der Waals surface area (Å²) in [4.78, 5) is 9.45. The molecule has 0 amide bonds. The molecule has 0 atom stereocenters. The monoisotopic (exact) mass is 343 g/mol. The number of aromatic nitrogens is 2. The van der Waals surface area contributed by atoms with E-state index in [2.05, 4.69) is 48.9 Å². The van der Waals surface area contributed by atoms with Crippen LogP contribution in [0, 0.1) is 0 Å². The average molecular weight is 344 g/mol. The number of aryl methyl sites for hydroxylation is 1. The van der Waals surface area contributed by atoms with Gasteiger partial charge in [-0.25, -0.2) is 9.97 Å². The fourth-order valence-corrected chi connectivity index (χ4v) is 2.93. The first-order valence-electron chi connectivity index (χ1n) is 7.53. The van der Waals surface area contributed by atoms with Crippen LogP contribution in [0.5, 0.6) is 0 Å². The second kappa shape index (κ2) is 7.93. The van der Waals surface area contributed by atoms with Crippen molar-refractivity contribution in [2.75, 3.05) is 18.5 Å². The molecule has 0 spiro atoms. The number of rotatable bonds is 8. The Bertz CT molecular complexity index is 433. The van der Waals surface area contributed by atoms with Gasteiger partial charge in [-0.15, -0.1) is 0 Å². The predicted octanol–water partition coefficient (Wildman–Crippen LogP) is 4.29. The van der Waals surface area contributed by atoms with E-state index in [1.54, 1.807) is 0 Å². The maximum atomic E-state index is 6.02. The fraction of sp³-hybridized carbons (Fsp3) is 0.733. The summed E-state index contributed by atoms with van der Waals surface area (Å²) in [6, 6.07) is 0. The molecule has 4 nitrogen and oxygen atoms in total. The van der Waals surface area contributed by atoms with Gasteiger partial charge in [-0.2, -0.15) is 0 Å². The Balaban J connectivity index is 3.38. The highest BCUT2D eigenvalue weighted by atomic mass is 79.9. The summed E-state index contributed by atoms with van der Waals surface area (Å²) in [6.45, 7) is 11.9. The third kappa shape index (κ3) is 3.50. The summed E-state index contributed by atoms with van der Waals surface area (Å²) >= 11 is 3.60. The highest BCUT2D eigenvalue weighted by Crippen LogP contribution is 2.34. The van der Waals surface area contributed by atoms with Crippen molar-refractivity contribution in [3.63, 3.8) is 0 Å². The molecule has 0 saturated heterocycles. The molecule has 0 unspecified atom stereocenters. The second-order valence-electron chi connectivity index (χ2n) is 4.67. The summed E-state index contributed by atoms with van der Waals surface area (Å²) in [7, 11) is 0. The van der Waals surface area contributed by atoms with Crippen molar-refractivity contribution >= 4 is 21.7 Å². The van der Waals surface area contributed by atoms with E-state index in [1.807, 2.05) is 6.92 Å². The van der Waals surface area contributed by atoms with Gasteiger partial charge in [0.05, 0.1) is 10.2 Å². The van der Waals surface area contributed by atoms with Crippen LogP contribution in [0.1, 0.15) is 59.0 Å². The van der Waals surface area contributed by atoms with Crippen LogP contribution >= 0.6 is 15.9 Å². The van der Waals surface area contributed by atoms with Gasteiger partial charge in [0, 0.05) is 13.2 Å². The fourth-order valence-electron chi connectivity index (χ4n) is 2.33.